The van der Waals surface area contributed by atoms with E-state index in [0.717, 1.165) is 19.0 Å². The van der Waals surface area contributed by atoms with Gasteiger partial charge in [0, 0.05) is 19.1 Å². The van der Waals surface area contributed by atoms with Gasteiger partial charge in [0.15, 0.2) is 0 Å². The number of nitriles is 1. The van der Waals surface area contributed by atoms with Crippen molar-refractivity contribution in [3.63, 3.8) is 0 Å². The van der Waals surface area contributed by atoms with E-state index in [-0.39, 0.29) is 5.54 Å². The van der Waals surface area contributed by atoms with Gasteiger partial charge in [0.1, 0.15) is 5.54 Å². The summed E-state index contributed by atoms with van der Waals surface area (Å²) >= 11 is 0. The van der Waals surface area contributed by atoms with Crippen LogP contribution in [0.1, 0.15) is 32.6 Å². The Morgan fingerprint density at radius 3 is 2.83 bits per heavy atom. The molecule has 2 aliphatic rings. The third-order valence-corrected chi connectivity index (χ3v) is 4.61. The molecule has 2 atom stereocenters. The Bertz CT molecular complexity index is 311. The van der Waals surface area contributed by atoms with E-state index >= 15 is 0 Å². The minimum absolute atomic E-state index is 0.373. The molecule has 4 nitrogen and oxygen atoms in total. The van der Waals surface area contributed by atoms with Gasteiger partial charge in [-0.15, -0.1) is 0 Å². The van der Waals surface area contributed by atoms with Crippen molar-refractivity contribution in [1.29, 1.82) is 5.26 Å². The van der Waals surface area contributed by atoms with Gasteiger partial charge in [-0.2, -0.15) is 5.26 Å². The fourth-order valence-electron chi connectivity index (χ4n) is 3.10. The Labute approximate surface area is 111 Å². The van der Waals surface area contributed by atoms with Crippen molar-refractivity contribution in [3.8, 4) is 6.07 Å². The predicted octanol–water partition coefficient (Wildman–Crippen LogP) is 1.05. The van der Waals surface area contributed by atoms with Crippen molar-refractivity contribution in [2.45, 2.75) is 44.2 Å². The summed E-state index contributed by atoms with van der Waals surface area (Å²) in [7, 11) is 1.88. The Balaban J connectivity index is 1.84. The molecule has 0 aromatic carbocycles. The number of hydrogen-bond donors (Lipinski definition) is 1. The van der Waals surface area contributed by atoms with Crippen LogP contribution in [-0.4, -0.2) is 61.2 Å². The number of nitrogens with one attached hydrogen (secondary N) is 1. The fraction of sp³-hybridized carbons (Fsp3) is 0.929. The molecule has 0 aromatic heterocycles. The van der Waals surface area contributed by atoms with Crippen molar-refractivity contribution in [2.24, 2.45) is 0 Å². The molecule has 0 saturated carbocycles. The number of fused-ring (bicyclic) bond motifs is 1. The van der Waals surface area contributed by atoms with Crippen molar-refractivity contribution in [3.05, 3.63) is 0 Å². The summed E-state index contributed by atoms with van der Waals surface area (Å²) in [5.41, 5.74) is -0.373. The van der Waals surface area contributed by atoms with E-state index in [1.807, 2.05) is 14.0 Å². The molecule has 2 rings (SSSR count). The molecule has 2 fully saturated rings. The predicted molar refractivity (Wildman–Crippen MR) is 73.3 cm³/mol. The van der Waals surface area contributed by atoms with Crippen LogP contribution in [0.2, 0.25) is 0 Å². The van der Waals surface area contributed by atoms with E-state index in [2.05, 4.69) is 21.2 Å². The van der Waals surface area contributed by atoms with Gasteiger partial charge >= 0.3 is 0 Å². The highest BCUT2D eigenvalue weighted by atomic mass is 15.3. The molecule has 2 saturated heterocycles. The number of hydrogen-bond acceptors (Lipinski definition) is 4. The van der Waals surface area contributed by atoms with Crippen LogP contribution in [-0.2, 0) is 0 Å². The monoisotopic (exact) mass is 250 g/mol. The van der Waals surface area contributed by atoms with Gasteiger partial charge < -0.3 is 10.2 Å². The van der Waals surface area contributed by atoms with E-state index in [4.69, 9.17) is 0 Å². The van der Waals surface area contributed by atoms with Gasteiger partial charge in [0.2, 0.25) is 0 Å². The summed E-state index contributed by atoms with van der Waals surface area (Å²) in [4.78, 5) is 5.21. The second-order valence-corrected chi connectivity index (χ2v) is 5.93. The lowest BCUT2D eigenvalue weighted by molar-refractivity contribution is 0.209. The second kappa shape index (κ2) is 6.01. The number of nitrogens with zero attached hydrogens (tertiary/aromatic N) is 3. The zero-order valence-corrected chi connectivity index (χ0v) is 11.8. The van der Waals surface area contributed by atoms with Crippen molar-refractivity contribution < 1.29 is 0 Å². The zero-order valence-electron chi connectivity index (χ0n) is 11.8. The van der Waals surface area contributed by atoms with Crippen LogP contribution in [0.25, 0.3) is 0 Å². The highest BCUT2D eigenvalue weighted by Gasteiger charge is 2.29. The average Bonchev–Trinajstić information content (AvgIpc) is 2.74. The first-order valence-corrected chi connectivity index (χ1v) is 7.23. The van der Waals surface area contributed by atoms with Crippen LogP contribution in [0, 0.1) is 11.3 Å². The standard InChI is InChI=1S/C14H26N4/c1-14(12-15,16-2)6-10-17-7-4-9-18-8-3-5-13(18)11-17/h13,16H,3-11H2,1-2H3. The van der Waals surface area contributed by atoms with Crippen molar-refractivity contribution >= 4 is 0 Å². The summed E-state index contributed by atoms with van der Waals surface area (Å²) in [6.07, 6.45) is 4.91. The van der Waals surface area contributed by atoms with Crippen LogP contribution in [0.4, 0.5) is 0 Å². The maximum atomic E-state index is 9.18. The van der Waals surface area contributed by atoms with Crippen molar-refractivity contribution in [2.75, 3.05) is 39.8 Å². The molecule has 2 unspecified atom stereocenters. The molecule has 0 radical (unpaired) electrons. The van der Waals surface area contributed by atoms with Crippen LogP contribution in [0.5, 0.6) is 0 Å². The quantitative estimate of drug-likeness (QED) is 0.810. The lowest BCUT2D eigenvalue weighted by atomic mass is 10.00. The first-order chi connectivity index (χ1) is 8.67. The smallest absolute Gasteiger partial charge is 0.104 e. The molecule has 4 heteroatoms. The third kappa shape index (κ3) is 3.23. The van der Waals surface area contributed by atoms with Gasteiger partial charge in [0.05, 0.1) is 6.07 Å². The van der Waals surface area contributed by atoms with Gasteiger partial charge in [-0.3, -0.25) is 4.90 Å². The van der Waals surface area contributed by atoms with E-state index in [9.17, 15) is 5.26 Å². The molecule has 0 aromatic rings. The van der Waals surface area contributed by atoms with Crippen LogP contribution >= 0.6 is 0 Å². The van der Waals surface area contributed by atoms with E-state index < -0.39 is 0 Å². The Morgan fingerprint density at radius 2 is 2.11 bits per heavy atom. The van der Waals surface area contributed by atoms with Gasteiger partial charge in [-0.1, -0.05) is 0 Å². The molecule has 1 N–H and O–H groups in total. The average molecular weight is 250 g/mol. The molecule has 102 valence electrons. The molecular weight excluding hydrogens is 224 g/mol. The maximum Gasteiger partial charge on any atom is 0.104 e. The molecule has 0 amide bonds. The van der Waals surface area contributed by atoms with Gasteiger partial charge in [0.25, 0.3) is 0 Å². The van der Waals surface area contributed by atoms with Crippen LogP contribution in [0.15, 0.2) is 0 Å². The summed E-state index contributed by atoms with van der Waals surface area (Å²) in [5, 5.41) is 12.3. The van der Waals surface area contributed by atoms with E-state index in [1.54, 1.807) is 0 Å². The Kier molecular flexibility index (Phi) is 4.60. The third-order valence-electron chi connectivity index (χ3n) is 4.61. The topological polar surface area (TPSA) is 42.3 Å². The van der Waals surface area contributed by atoms with Crippen LogP contribution in [0.3, 0.4) is 0 Å². The molecule has 18 heavy (non-hydrogen) atoms. The molecule has 0 bridgehead atoms. The molecule has 0 aliphatic carbocycles. The summed E-state index contributed by atoms with van der Waals surface area (Å²) in [5.74, 6) is 0. The minimum atomic E-state index is -0.373. The first-order valence-electron chi connectivity index (χ1n) is 7.23. The molecule has 2 heterocycles. The lowest BCUT2D eigenvalue weighted by Crippen LogP contribution is -2.43. The first kappa shape index (κ1) is 13.8. The summed E-state index contributed by atoms with van der Waals surface area (Å²) < 4.78 is 0. The fourth-order valence-corrected chi connectivity index (χ4v) is 3.10. The van der Waals surface area contributed by atoms with Crippen LogP contribution < -0.4 is 5.32 Å². The zero-order chi connectivity index (χ0) is 13.0. The number of rotatable bonds is 4. The summed E-state index contributed by atoms with van der Waals surface area (Å²) in [6, 6.07) is 3.15. The summed E-state index contributed by atoms with van der Waals surface area (Å²) in [6.45, 7) is 7.99. The molecule has 2 aliphatic heterocycles. The molecule has 0 spiro atoms. The lowest BCUT2D eigenvalue weighted by Gasteiger charge is -2.28. The van der Waals surface area contributed by atoms with E-state index in [0.29, 0.717) is 0 Å². The highest BCUT2D eigenvalue weighted by molar-refractivity contribution is 5.03. The van der Waals surface area contributed by atoms with Gasteiger partial charge in [-0.05, 0) is 59.3 Å². The SMILES string of the molecule is CNC(C)(C#N)CCN1CCCN2CCCC2C1. The molecular formula is C14H26N4. The minimum Gasteiger partial charge on any atom is -0.303 e. The van der Waals surface area contributed by atoms with E-state index in [1.165, 1.54) is 45.4 Å². The Hall–Kier alpha value is -0.630. The highest BCUT2D eigenvalue weighted by Crippen LogP contribution is 2.22. The largest absolute Gasteiger partial charge is 0.303 e. The second-order valence-electron chi connectivity index (χ2n) is 5.93. The normalized spacial score (nSPS) is 29.3. The maximum absolute atomic E-state index is 9.18. The van der Waals surface area contributed by atoms with Crippen molar-refractivity contribution in [1.82, 2.24) is 15.1 Å². The Morgan fingerprint density at radius 1 is 1.33 bits per heavy atom. The van der Waals surface area contributed by atoms with Gasteiger partial charge in [-0.25, -0.2) is 0 Å².